The van der Waals surface area contributed by atoms with Gasteiger partial charge in [-0.2, -0.15) is 0 Å². The third kappa shape index (κ3) is 4.05. The third-order valence-electron chi connectivity index (χ3n) is 2.68. The average molecular weight is 478 g/mol. The van der Waals surface area contributed by atoms with Gasteiger partial charge in [0.2, 0.25) is 0 Å². The average Bonchev–Trinajstić information content (AvgIpc) is 2.43. The van der Waals surface area contributed by atoms with E-state index in [1.54, 1.807) is 18.5 Å². The fourth-order valence-electron chi connectivity index (χ4n) is 1.77. The van der Waals surface area contributed by atoms with Crippen LogP contribution < -0.4 is 10.6 Å². The molecule has 0 aliphatic carbocycles. The lowest BCUT2D eigenvalue weighted by atomic mass is 10.2. The Labute approximate surface area is 148 Å². The molecule has 0 unspecified atom stereocenters. The van der Waals surface area contributed by atoms with Gasteiger partial charge in [-0.25, -0.2) is 0 Å². The second-order valence-electron chi connectivity index (χ2n) is 4.15. The van der Waals surface area contributed by atoms with Crippen molar-refractivity contribution in [1.82, 2.24) is 4.98 Å². The number of anilines is 2. The molecule has 0 aliphatic rings. The molecule has 1 amide bonds. The summed E-state index contributed by atoms with van der Waals surface area (Å²) in [6, 6.07) is 5.43. The van der Waals surface area contributed by atoms with E-state index in [1.807, 2.05) is 19.1 Å². The highest BCUT2D eigenvalue weighted by Gasteiger charge is 2.15. The summed E-state index contributed by atoms with van der Waals surface area (Å²) in [6.45, 7) is 2.69. The molecule has 0 radical (unpaired) electrons. The summed E-state index contributed by atoms with van der Waals surface area (Å²) in [6.07, 6.45) is 3.24. The van der Waals surface area contributed by atoms with Crippen LogP contribution in [0.3, 0.4) is 0 Å². The molecule has 2 N–H and O–H groups in total. The zero-order valence-corrected chi connectivity index (χ0v) is 15.8. The Hall–Kier alpha value is -0.920. The lowest BCUT2D eigenvalue weighted by molar-refractivity contribution is 0.102. The first-order valence-electron chi connectivity index (χ1n) is 6.16. The van der Waals surface area contributed by atoms with E-state index in [9.17, 15) is 4.79 Å². The monoisotopic (exact) mass is 475 g/mol. The van der Waals surface area contributed by atoms with Crippen molar-refractivity contribution in [1.29, 1.82) is 0 Å². The van der Waals surface area contributed by atoms with E-state index in [-0.39, 0.29) is 5.91 Å². The molecule has 1 heterocycles. The molecule has 110 valence electrons. The van der Waals surface area contributed by atoms with Crippen molar-refractivity contribution in [2.75, 3.05) is 17.2 Å². The van der Waals surface area contributed by atoms with Gasteiger partial charge in [0.1, 0.15) is 0 Å². The second kappa shape index (κ2) is 7.38. The first kappa shape index (κ1) is 16.5. The number of benzene rings is 1. The van der Waals surface area contributed by atoms with Gasteiger partial charge >= 0.3 is 0 Å². The molecule has 1 aromatic heterocycles. The molecule has 0 fully saturated rings. The molecule has 0 aliphatic heterocycles. The molecule has 2 rings (SSSR count). The Balaban J connectivity index is 2.31. The van der Waals surface area contributed by atoms with Crippen LogP contribution in [0.15, 0.2) is 44.0 Å². The number of hydrogen-bond donors (Lipinski definition) is 2. The van der Waals surface area contributed by atoms with Gasteiger partial charge in [0.25, 0.3) is 5.91 Å². The first-order valence-corrected chi connectivity index (χ1v) is 8.54. The Morgan fingerprint density at radius 3 is 2.52 bits per heavy atom. The minimum Gasteiger partial charge on any atom is -0.383 e. The maximum Gasteiger partial charge on any atom is 0.257 e. The molecule has 4 nitrogen and oxygen atoms in total. The lowest BCUT2D eigenvalue weighted by Gasteiger charge is -2.13. The quantitative estimate of drug-likeness (QED) is 0.647. The molecule has 1 aromatic carbocycles. The van der Waals surface area contributed by atoms with Gasteiger partial charge in [-0.1, -0.05) is 15.9 Å². The summed E-state index contributed by atoms with van der Waals surface area (Å²) in [4.78, 5) is 16.5. The zero-order valence-electron chi connectivity index (χ0n) is 11.1. The fourth-order valence-corrected chi connectivity index (χ4v) is 4.22. The van der Waals surface area contributed by atoms with Crippen molar-refractivity contribution < 1.29 is 4.79 Å². The van der Waals surface area contributed by atoms with Crippen molar-refractivity contribution >= 4 is 65.1 Å². The SMILES string of the molecule is CCNc1cnccc1C(=O)Nc1c(Br)cc(Br)cc1Br. The van der Waals surface area contributed by atoms with Crippen LogP contribution in [0, 0.1) is 0 Å². The normalized spacial score (nSPS) is 10.3. The Bertz CT molecular complexity index is 653. The molecular weight excluding hydrogens is 466 g/mol. The number of amides is 1. The van der Waals surface area contributed by atoms with Crippen LogP contribution >= 0.6 is 47.8 Å². The van der Waals surface area contributed by atoms with E-state index in [2.05, 4.69) is 63.4 Å². The molecule has 2 aromatic rings. The number of rotatable bonds is 4. The van der Waals surface area contributed by atoms with Gasteiger partial charge in [0.05, 0.1) is 23.1 Å². The third-order valence-corrected chi connectivity index (χ3v) is 4.39. The highest BCUT2D eigenvalue weighted by Crippen LogP contribution is 2.34. The van der Waals surface area contributed by atoms with Crippen LogP contribution in [0.2, 0.25) is 0 Å². The van der Waals surface area contributed by atoms with Gasteiger partial charge in [-0.3, -0.25) is 9.78 Å². The van der Waals surface area contributed by atoms with Crippen LogP contribution in [-0.4, -0.2) is 17.4 Å². The predicted molar refractivity (Wildman–Crippen MR) is 95.9 cm³/mol. The molecule has 0 bridgehead atoms. The number of carbonyl (C=O) groups excluding carboxylic acids is 1. The van der Waals surface area contributed by atoms with Crippen LogP contribution in [0.4, 0.5) is 11.4 Å². The van der Waals surface area contributed by atoms with Crippen LogP contribution in [-0.2, 0) is 0 Å². The van der Waals surface area contributed by atoms with Crippen LogP contribution in [0.25, 0.3) is 0 Å². The van der Waals surface area contributed by atoms with Crippen molar-refractivity contribution in [3.8, 4) is 0 Å². The van der Waals surface area contributed by atoms with Gasteiger partial charge in [0, 0.05) is 26.2 Å². The number of aromatic nitrogens is 1. The maximum atomic E-state index is 12.5. The molecule has 7 heteroatoms. The minimum atomic E-state index is -0.197. The van der Waals surface area contributed by atoms with E-state index >= 15 is 0 Å². The van der Waals surface area contributed by atoms with Crippen molar-refractivity contribution in [2.45, 2.75) is 6.92 Å². The lowest BCUT2D eigenvalue weighted by Crippen LogP contribution is -2.15. The number of carbonyl (C=O) groups is 1. The van der Waals surface area contributed by atoms with E-state index < -0.39 is 0 Å². The highest BCUT2D eigenvalue weighted by atomic mass is 79.9. The van der Waals surface area contributed by atoms with Gasteiger partial charge < -0.3 is 10.6 Å². The minimum absolute atomic E-state index is 0.197. The highest BCUT2D eigenvalue weighted by molar-refractivity contribution is 9.11. The number of pyridine rings is 1. The van der Waals surface area contributed by atoms with E-state index in [1.165, 1.54) is 0 Å². The molecule has 0 saturated carbocycles. The van der Waals surface area contributed by atoms with Gasteiger partial charge in [0.15, 0.2) is 0 Å². The summed E-state index contributed by atoms with van der Waals surface area (Å²) < 4.78 is 2.49. The predicted octanol–water partition coefficient (Wildman–Crippen LogP) is 5.05. The number of hydrogen-bond acceptors (Lipinski definition) is 3. The van der Waals surface area contributed by atoms with Crippen LogP contribution in [0.5, 0.6) is 0 Å². The van der Waals surface area contributed by atoms with Gasteiger partial charge in [-0.15, -0.1) is 0 Å². The van der Waals surface area contributed by atoms with E-state index in [0.717, 1.165) is 20.0 Å². The Morgan fingerprint density at radius 1 is 1.24 bits per heavy atom. The topological polar surface area (TPSA) is 54.0 Å². The summed E-state index contributed by atoms with van der Waals surface area (Å²) in [7, 11) is 0. The summed E-state index contributed by atoms with van der Waals surface area (Å²) in [5.74, 6) is -0.197. The van der Waals surface area contributed by atoms with Crippen LogP contribution in [0.1, 0.15) is 17.3 Å². The second-order valence-corrected chi connectivity index (χ2v) is 6.77. The fraction of sp³-hybridized carbons (Fsp3) is 0.143. The number of nitrogens with zero attached hydrogens (tertiary/aromatic N) is 1. The van der Waals surface area contributed by atoms with Crippen molar-refractivity contribution in [2.24, 2.45) is 0 Å². The summed E-state index contributed by atoms with van der Waals surface area (Å²) >= 11 is 10.3. The zero-order chi connectivity index (χ0) is 15.4. The summed E-state index contributed by atoms with van der Waals surface area (Å²) in [5.41, 5.74) is 1.94. The van der Waals surface area contributed by atoms with E-state index in [4.69, 9.17) is 0 Å². The molecule has 0 spiro atoms. The van der Waals surface area contributed by atoms with Crippen molar-refractivity contribution in [3.63, 3.8) is 0 Å². The van der Waals surface area contributed by atoms with Crippen molar-refractivity contribution in [3.05, 3.63) is 49.6 Å². The number of nitrogens with one attached hydrogen (secondary N) is 2. The first-order chi connectivity index (χ1) is 10.0. The smallest absolute Gasteiger partial charge is 0.257 e. The largest absolute Gasteiger partial charge is 0.383 e. The number of halogens is 3. The molecular formula is C14H12Br3N3O. The Morgan fingerprint density at radius 2 is 1.90 bits per heavy atom. The van der Waals surface area contributed by atoms with E-state index in [0.29, 0.717) is 16.9 Å². The van der Waals surface area contributed by atoms with Gasteiger partial charge in [-0.05, 0) is 57.0 Å². The standard InChI is InChI=1S/C14H12Br3N3O/c1-2-19-12-7-18-4-3-9(12)14(21)20-13-10(16)5-8(15)6-11(13)17/h3-7,19H,2H2,1H3,(H,20,21). The molecule has 0 saturated heterocycles. The molecule has 0 atom stereocenters. The maximum absolute atomic E-state index is 12.5. The Kier molecular flexibility index (Phi) is 5.78. The summed E-state index contributed by atoms with van der Waals surface area (Å²) in [5, 5.41) is 6.03. The molecule has 21 heavy (non-hydrogen) atoms.